The lowest BCUT2D eigenvalue weighted by atomic mass is 10.0. The van der Waals surface area contributed by atoms with Gasteiger partial charge in [0.15, 0.2) is 6.10 Å². The molecule has 0 rings (SSSR count). The molecule has 0 aromatic heterocycles. The van der Waals surface area contributed by atoms with Crippen molar-refractivity contribution in [3.8, 4) is 0 Å². The number of rotatable bonds is 60. The van der Waals surface area contributed by atoms with E-state index in [2.05, 4.69) is 32.9 Å². The first-order valence-electron chi connectivity index (χ1n) is 32.2. The summed E-state index contributed by atoms with van der Waals surface area (Å²) in [5.41, 5.74) is 0. The first-order chi connectivity index (χ1) is 35.0. The van der Waals surface area contributed by atoms with Crippen molar-refractivity contribution in [3.05, 3.63) is 12.2 Å². The van der Waals surface area contributed by atoms with Gasteiger partial charge in [0.05, 0.1) is 0 Å². The molecule has 1 atom stereocenters. The summed E-state index contributed by atoms with van der Waals surface area (Å²) in [6, 6.07) is 0. The molecule has 1 unspecified atom stereocenters. The molecule has 0 fully saturated rings. The van der Waals surface area contributed by atoms with E-state index in [1.165, 1.54) is 270 Å². The van der Waals surface area contributed by atoms with Crippen molar-refractivity contribution in [2.24, 2.45) is 0 Å². The van der Waals surface area contributed by atoms with Crippen molar-refractivity contribution in [1.82, 2.24) is 0 Å². The van der Waals surface area contributed by atoms with Crippen molar-refractivity contribution in [2.45, 2.75) is 374 Å². The van der Waals surface area contributed by atoms with Crippen LogP contribution in [0.25, 0.3) is 0 Å². The largest absolute Gasteiger partial charge is 0.462 e. The van der Waals surface area contributed by atoms with Gasteiger partial charge in [-0.25, -0.2) is 0 Å². The summed E-state index contributed by atoms with van der Waals surface area (Å²) in [5, 5.41) is 0. The Morgan fingerprint density at radius 1 is 0.268 bits per heavy atom. The Morgan fingerprint density at radius 3 is 0.704 bits per heavy atom. The zero-order valence-electron chi connectivity index (χ0n) is 48.3. The van der Waals surface area contributed by atoms with Crippen LogP contribution in [0.3, 0.4) is 0 Å². The van der Waals surface area contributed by atoms with E-state index < -0.39 is 6.10 Å². The molecule has 0 aliphatic carbocycles. The van der Waals surface area contributed by atoms with Crippen molar-refractivity contribution in [2.75, 3.05) is 13.2 Å². The molecule has 6 heteroatoms. The maximum Gasteiger partial charge on any atom is 0.306 e. The van der Waals surface area contributed by atoms with Crippen LogP contribution in [-0.2, 0) is 28.6 Å². The lowest BCUT2D eigenvalue weighted by molar-refractivity contribution is -0.167. The molecule has 0 saturated carbocycles. The van der Waals surface area contributed by atoms with Crippen LogP contribution in [0.15, 0.2) is 12.2 Å². The van der Waals surface area contributed by atoms with E-state index in [9.17, 15) is 14.4 Å². The number of esters is 3. The molecule has 0 aliphatic rings. The Bertz CT molecular complexity index is 1100. The summed E-state index contributed by atoms with van der Waals surface area (Å²) in [7, 11) is 0. The minimum Gasteiger partial charge on any atom is -0.462 e. The van der Waals surface area contributed by atoms with E-state index in [4.69, 9.17) is 14.2 Å². The maximum absolute atomic E-state index is 12.9. The monoisotopic (exact) mass is 1000 g/mol. The molecule has 0 heterocycles. The molecule has 0 radical (unpaired) electrons. The minimum atomic E-state index is -0.765. The second-order valence-corrected chi connectivity index (χ2v) is 22.0. The highest BCUT2D eigenvalue weighted by Gasteiger charge is 2.19. The lowest BCUT2D eigenvalue weighted by Crippen LogP contribution is -2.30. The van der Waals surface area contributed by atoms with Gasteiger partial charge in [-0.15, -0.1) is 0 Å². The van der Waals surface area contributed by atoms with Gasteiger partial charge in [-0.3, -0.25) is 14.4 Å². The number of hydrogen-bond donors (Lipinski definition) is 0. The van der Waals surface area contributed by atoms with E-state index in [1.807, 2.05) is 0 Å². The highest BCUT2D eigenvalue weighted by Crippen LogP contribution is 2.18. The maximum atomic E-state index is 12.9. The van der Waals surface area contributed by atoms with Gasteiger partial charge in [-0.2, -0.15) is 0 Å². The molecule has 71 heavy (non-hydrogen) atoms. The summed E-state index contributed by atoms with van der Waals surface area (Å²) < 4.78 is 16.9. The molecule has 0 saturated heterocycles. The third kappa shape index (κ3) is 58.9. The van der Waals surface area contributed by atoms with Gasteiger partial charge in [0.25, 0.3) is 0 Å². The molecule has 0 N–H and O–H groups in total. The van der Waals surface area contributed by atoms with Crippen molar-refractivity contribution < 1.29 is 28.6 Å². The summed E-state index contributed by atoms with van der Waals surface area (Å²) in [6.07, 6.45) is 70.8. The quantitative estimate of drug-likeness (QED) is 0.0261. The van der Waals surface area contributed by atoms with Gasteiger partial charge >= 0.3 is 17.9 Å². The van der Waals surface area contributed by atoms with Crippen LogP contribution in [0.2, 0.25) is 0 Å². The van der Waals surface area contributed by atoms with E-state index in [1.54, 1.807) is 0 Å². The van der Waals surface area contributed by atoms with Crippen LogP contribution in [0.1, 0.15) is 367 Å². The number of hydrogen-bond acceptors (Lipinski definition) is 6. The van der Waals surface area contributed by atoms with E-state index in [0.717, 1.165) is 57.8 Å². The van der Waals surface area contributed by atoms with Crippen molar-refractivity contribution >= 4 is 17.9 Å². The van der Waals surface area contributed by atoms with Crippen molar-refractivity contribution in [3.63, 3.8) is 0 Å². The standard InChI is InChI=1S/C65H124O6/c1-4-7-10-13-16-19-22-24-26-28-30-31-32-33-35-36-38-40-43-46-49-52-55-58-64(67)70-61-62(60-69-63(66)57-54-51-48-45-42-21-18-15-12-9-6-3)71-65(68)59-56-53-50-47-44-41-39-37-34-29-27-25-23-20-17-14-11-8-5-2/h28,30,62H,4-27,29,31-61H2,1-3H3/b30-28-. The van der Waals surface area contributed by atoms with Gasteiger partial charge in [0.2, 0.25) is 0 Å². The average molecular weight is 1000 g/mol. The third-order valence-electron chi connectivity index (χ3n) is 14.8. The number of carbonyl (C=O) groups is 3. The SMILES string of the molecule is CCCCCCCCCC/C=C\CCCCCCCCCCCCCC(=O)OCC(COC(=O)CCCCCCCCCCCCC)OC(=O)CCCCCCCCCCCCCCCCCCCCC. The fraction of sp³-hybridized carbons (Fsp3) is 0.923. The topological polar surface area (TPSA) is 78.9 Å². The normalized spacial score (nSPS) is 12.0. The Balaban J connectivity index is 4.21. The Morgan fingerprint density at radius 2 is 0.465 bits per heavy atom. The fourth-order valence-electron chi connectivity index (χ4n) is 9.91. The Hall–Kier alpha value is -1.85. The van der Waals surface area contributed by atoms with Gasteiger partial charge in [0.1, 0.15) is 13.2 Å². The second kappa shape index (κ2) is 60.7. The zero-order valence-corrected chi connectivity index (χ0v) is 48.3. The highest BCUT2D eigenvalue weighted by molar-refractivity contribution is 5.71. The van der Waals surface area contributed by atoms with Crippen LogP contribution in [-0.4, -0.2) is 37.2 Å². The van der Waals surface area contributed by atoms with Crippen LogP contribution < -0.4 is 0 Å². The van der Waals surface area contributed by atoms with Gasteiger partial charge < -0.3 is 14.2 Å². The number of carbonyl (C=O) groups excluding carboxylic acids is 3. The van der Waals surface area contributed by atoms with Crippen molar-refractivity contribution in [1.29, 1.82) is 0 Å². The second-order valence-electron chi connectivity index (χ2n) is 22.0. The summed E-state index contributed by atoms with van der Waals surface area (Å²) >= 11 is 0. The van der Waals surface area contributed by atoms with E-state index in [0.29, 0.717) is 19.3 Å². The third-order valence-corrected chi connectivity index (χ3v) is 14.8. The zero-order chi connectivity index (χ0) is 51.4. The molecule has 0 aromatic rings. The smallest absolute Gasteiger partial charge is 0.306 e. The predicted molar refractivity (Wildman–Crippen MR) is 307 cm³/mol. The Labute approximate surface area is 443 Å². The Kier molecular flexibility index (Phi) is 59.1. The minimum absolute atomic E-state index is 0.0636. The molecular formula is C65H124O6. The summed E-state index contributed by atoms with van der Waals surface area (Å²) in [5.74, 6) is -0.836. The number of allylic oxidation sites excluding steroid dienone is 2. The summed E-state index contributed by atoms with van der Waals surface area (Å²) in [4.78, 5) is 38.2. The van der Waals surface area contributed by atoms with Crippen LogP contribution in [0.4, 0.5) is 0 Å². The van der Waals surface area contributed by atoms with Gasteiger partial charge in [-0.05, 0) is 44.9 Å². The van der Waals surface area contributed by atoms with Gasteiger partial charge in [0, 0.05) is 19.3 Å². The molecule has 420 valence electrons. The molecule has 0 amide bonds. The van der Waals surface area contributed by atoms with E-state index in [-0.39, 0.29) is 31.1 Å². The number of ether oxygens (including phenoxy) is 3. The molecule has 0 bridgehead atoms. The molecule has 6 nitrogen and oxygen atoms in total. The van der Waals surface area contributed by atoms with Crippen LogP contribution in [0.5, 0.6) is 0 Å². The lowest BCUT2D eigenvalue weighted by Gasteiger charge is -2.18. The van der Waals surface area contributed by atoms with E-state index >= 15 is 0 Å². The fourth-order valence-corrected chi connectivity index (χ4v) is 9.91. The van der Waals surface area contributed by atoms with Gasteiger partial charge in [-0.1, -0.05) is 315 Å². The van der Waals surface area contributed by atoms with Crippen LogP contribution in [0, 0.1) is 0 Å². The first kappa shape index (κ1) is 69.2. The summed E-state index contributed by atoms with van der Waals surface area (Å²) in [6.45, 7) is 6.71. The predicted octanol–water partition coefficient (Wildman–Crippen LogP) is 21.7. The molecule has 0 aliphatic heterocycles. The first-order valence-corrected chi connectivity index (χ1v) is 32.2. The number of unbranched alkanes of at least 4 members (excludes halogenated alkanes) is 47. The highest BCUT2D eigenvalue weighted by atomic mass is 16.6. The molecular weight excluding hydrogens is 877 g/mol. The molecule has 0 aromatic carbocycles. The molecule has 0 spiro atoms. The van der Waals surface area contributed by atoms with Crippen LogP contribution >= 0.6 is 0 Å². The average Bonchev–Trinajstić information content (AvgIpc) is 3.37.